The topological polar surface area (TPSA) is 61.8 Å². The van der Waals surface area contributed by atoms with Crippen LogP contribution in [0.15, 0.2) is 36.5 Å². The molecule has 1 aromatic carbocycles. The minimum Gasteiger partial charge on any atom is -0.406 e. The van der Waals surface area contributed by atoms with Gasteiger partial charge in [0.1, 0.15) is 16.7 Å². The van der Waals surface area contributed by atoms with Gasteiger partial charge in [-0.3, -0.25) is 5.41 Å². The number of rotatable bonds is 4. The van der Waals surface area contributed by atoms with Gasteiger partial charge in [-0.25, -0.2) is 4.98 Å². The van der Waals surface area contributed by atoms with Gasteiger partial charge < -0.3 is 9.72 Å². The lowest BCUT2D eigenvalue weighted by Gasteiger charge is -2.09. The van der Waals surface area contributed by atoms with Crippen molar-refractivity contribution in [1.29, 1.82) is 5.41 Å². The van der Waals surface area contributed by atoms with Gasteiger partial charge in [0.05, 0.1) is 11.9 Å². The van der Waals surface area contributed by atoms with Crippen LogP contribution < -0.4 is 4.74 Å². The van der Waals surface area contributed by atoms with Crippen molar-refractivity contribution in [1.82, 2.24) is 9.97 Å². The van der Waals surface area contributed by atoms with Crippen molar-refractivity contribution in [2.24, 2.45) is 0 Å². The summed E-state index contributed by atoms with van der Waals surface area (Å²) >= 11 is 5.37. The molecule has 0 fully saturated rings. The Morgan fingerprint density at radius 2 is 2.14 bits per heavy atom. The summed E-state index contributed by atoms with van der Waals surface area (Å²) in [4.78, 5) is 6.89. The van der Waals surface area contributed by atoms with Crippen molar-refractivity contribution in [3.05, 3.63) is 42.4 Å². The molecule has 0 spiro atoms. The van der Waals surface area contributed by atoms with Crippen LogP contribution in [0.25, 0.3) is 17.3 Å². The molecule has 0 radical (unpaired) electrons. The number of alkyl halides is 3. The summed E-state index contributed by atoms with van der Waals surface area (Å²) in [7, 11) is 0. The third-order valence-electron chi connectivity index (χ3n) is 2.36. The predicted molar refractivity (Wildman–Crippen MR) is 73.3 cm³/mol. The second-order valence-corrected chi connectivity index (χ2v) is 4.35. The number of aromatic nitrogens is 2. The van der Waals surface area contributed by atoms with Crippen LogP contribution >= 0.6 is 11.6 Å². The van der Waals surface area contributed by atoms with Gasteiger partial charge in [0.25, 0.3) is 0 Å². The number of hydrogen-bond donors (Lipinski definition) is 2. The summed E-state index contributed by atoms with van der Waals surface area (Å²) in [6.07, 6.45) is -0.465. The standard InChI is InChI=1S/C13H9ClF3N3O/c14-11(18)4-5-12-19-7-10(20-12)8-2-1-3-9(6-8)21-13(15,16)17/h1-7,18H,(H,19,20)/b5-4-,18-11?. The monoisotopic (exact) mass is 315 g/mol. The normalized spacial score (nSPS) is 11.8. The molecular weight excluding hydrogens is 307 g/mol. The Kier molecular flexibility index (Phi) is 4.32. The highest BCUT2D eigenvalue weighted by Gasteiger charge is 2.31. The third-order valence-corrected chi connectivity index (χ3v) is 2.49. The van der Waals surface area contributed by atoms with Crippen LogP contribution in [0, 0.1) is 5.41 Å². The van der Waals surface area contributed by atoms with E-state index in [0.717, 1.165) is 0 Å². The lowest BCUT2D eigenvalue weighted by Crippen LogP contribution is -2.17. The highest BCUT2D eigenvalue weighted by atomic mass is 35.5. The van der Waals surface area contributed by atoms with Crippen molar-refractivity contribution >= 4 is 22.8 Å². The first-order valence-electron chi connectivity index (χ1n) is 5.67. The summed E-state index contributed by atoms with van der Waals surface area (Å²) in [5.41, 5.74) is 1.01. The number of ether oxygens (including phenoxy) is 1. The van der Waals surface area contributed by atoms with E-state index in [-0.39, 0.29) is 10.9 Å². The zero-order valence-electron chi connectivity index (χ0n) is 10.4. The summed E-state index contributed by atoms with van der Waals surface area (Å²) in [6.45, 7) is 0. The zero-order valence-corrected chi connectivity index (χ0v) is 11.2. The van der Waals surface area contributed by atoms with E-state index in [2.05, 4.69) is 14.7 Å². The van der Waals surface area contributed by atoms with Crippen molar-refractivity contribution in [3.8, 4) is 17.0 Å². The SMILES string of the molecule is N=C(Cl)/C=C\c1ncc(-c2cccc(OC(F)(F)F)c2)[nH]1. The van der Waals surface area contributed by atoms with Crippen LogP contribution in [0.4, 0.5) is 13.2 Å². The summed E-state index contributed by atoms with van der Waals surface area (Å²) in [6, 6.07) is 5.52. The van der Waals surface area contributed by atoms with E-state index >= 15 is 0 Å². The number of nitrogens with one attached hydrogen (secondary N) is 2. The van der Waals surface area contributed by atoms with Gasteiger partial charge in [-0.2, -0.15) is 0 Å². The molecule has 2 N–H and O–H groups in total. The molecule has 0 saturated heterocycles. The zero-order chi connectivity index (χ0) is 15.5. The number of imidazole rings is 1. The Bertz CT molecular complexity index is 679. The van der Waals surface area contributed by atoms with Crippen molar-refractivity contribution in [2.45, 2.75) is 6.36 Å². The molecule has 1 aromatic heterocycles. The van der Waals surface area contributed by atoms with Crippen LogP contribution in [0.2, 0.25) is 0 Å². The Morgan fingerprint density at radius 1 is 1.38 bits per heavy atom. The molecule has 8 heteroatoms. The van der Waals surface area contributed by atoms with Gasteiger partial charge in [-0.15, -0.1) is 13.2 Å². The van der Waals surface area contributed by atoms with Gasteiger partial charge in [0.15, 0.2) is 0 Å². The molecule has 0 unspecified atom stereocenters. The van der Waals surface area contributed by atoms with Gasteiger partial charge in [0, 0.05) is 5.56 Å². The Balaban J connectivity index is 2.22. The first kappa shape index (κ1) is 15.1. The molecule has 2 rings (SSSR count). The molecule has 0 bridgehead atoms. The molecule has 4 nitrogen and oxygen atoms in total. The fourth-order valence-corrected chi connectivity index (χ4v) is 1.64. The number of hydrogen-bond acceptors (Lipinski definition) is 3. The predicted octanol–water partition coefficient (Wildman–Crippen LogP) is 4.20. The second kappa shape index (κ2) is 6.01. The van der Waals surface area contributed by atoms with E-state index in [4.69, 9.17) is 17.0 Å². The first-order valence-corrected chi connectivity index (χ1v) is 6.04. The fourth-order valence-electron chi connectivity index (χ4n) is 1.58. The number of aromatic amines is 1. The summed E-state index contributed by atoms with van der Waals surface area (Å²) < 4.78 is 40.4. The molecule has 0 aliphatic rings. The van der Waals surface area contributed by atoms with Crippen LogP contribution in [0.3, 0.4) is 0 Å². The van der Waals surface area contributed by atoms with Crippen LogP contribution in [-0.2, 0) is 0 Å². The van der Waals surface area contributed by atoms with E-state index in [9.17, 15) is 13.2 Å². The lowest BCUT2D eigenvalue weighted by atomic mass is 10.1. The summed E-state index contributed by atoms with van der Waals surface area (Å²) in [5, 5.41) is 6.88. The van der Waals surface area contributed by atoms with Crippen LogP contribution in [0.5, 0.6) is 5.75 Å². The number of H-pyrrole nitrogens is 1. The van der Waals surface area contributed by atoms with Crippen molar-refractivity contribution in [2.75, 3.05) is 0 Å². The molecule has 110 valence electrons. The van der Waals surface area contributed by atoms with E-state index in [1.54, 1.807) is 6.07 Å². The fraction of sp³-hybridized carbons (Fsp3) is 0.0769. The van der Waals surface area contributed by atoms with Gasteiger partial charge in [0.2, 0.25) is 0 Å². The van der Waals surface area contributed by atoms with E-state index in [1.807, 2.05) is 0 Å². The van der Waals surface area contributed by atoms with Crippen molar-refractivity contribution < 1.29 is 17.9 Å². The van der Waals surface area contributed by atoms with E-state index in [1.165, 1.54) is 36.5 Å². The average molecular weight is 316 g/mol. The van der Waals surface area contributed by atoms with Crippen LogP contribution in [-0.4, -0.2) is 21.5 Å². The minimum absolute atomic E-state index is 0.159. The number of halogens is 4. The molecule has 0 aliphatic carbocycles. The van der Waals surface area contributed by atoms with E-state index < -0.39 is 6.36 Å². The maximum atomic E-state index is 12.2. The lowest BCUT2D eigenvalue weighted by molar-refractivity contribution is -0.274. The molecular formula is C13H9ClF3N3O. The third kappa shape index (κ3) is 4.64. The molecule has 2 aromatic rings. The maximum absolute atomic E-state index is 12.2. The molecule has 21 heavy (non-hydrogen) atoms. The van der Waals surface area contributed by atoms with Crippen molar-refractivity contribution in [3.63, 3.8) is 0 Å². The number of allylic oxidation sites excluding steroid dienone is 1. The average Bonchev–Trinajstić information content (AvgIpc) is 2.83. The van der Waals surface area contributed by atoms with Gasteiger partial charge >= 0.3 is 6.36 Å². The molecule has 0 amide bonds. The quantitative estimate of drug-likeness (QED) is 0.830. The second-order valence-electron chi connectivity index (χ2n) is 3.94. The van der Waals surface area contributed by atoms with Gasteiger partial charge in [-0.1, -0.05) is 23.7 Å². The highest BCUT2D eigenvalue weighted by molar-refractivity contribution is 6.67. The van der Waals surface area contributed by atoms with E-state index in [0.29, 0.717) is 17.1 Å². The largest absolute Gasteiger partial charge is 0.573 e. The Morgan fingerprint density at radius 3 is 2.81 bits per heavy atom. The Hall–Kier alpha value is -2.28. The highest BCUT2D eigenvalue weighted by Crippen LogP contribution is 2.27. The van der Waals surface area contributed by atoms with Crippen LogP contribution in [0.1, 0.15) is 5.82 Å². The first-order chi connectivity index (χ1) is 9.83. The van der Waals surface area contributed by atoms with Gasteiger partial charge in [-0.05, 0) is 24.3 Å². The Labute approximate surface area is 122 Å². The molecule has 0 aliphatic heterocycles. The molecule has 1 heterocycles. The number of benzene rings is 1. The number of nitrogens with zero attached hydrogens (tertiary/aromatic N) is 1. The molecule has 0 atom stereocenters. The minimum atomic E-state index is -4.73. The smallest absolute Gasteiger partial charge is 0.406 e. The molecule has 0 saturated carbocycles. The maximum Gasteiger partial charge on any atom is 0.573 e. The summed E-state index contributed by atoms with van der Waals surface area (Å²) in [5.74, 6) is 0.117.